The number of hydrogen-bond acceptors (Lipinski definition) is 2. The van der Waals surface area contributed by atoms with E-state index in [1.807, 2.05) is 0 Å². The van der Waals surface area contributed by atoms with E-state index in [-0.39, 0.29) is 0 Å². The minimum Gasteiger partial charge on any atom is -0.357 e. The highest BCUT2D eigenvalue weighted by Crippen LogP contribution is 2.38. The van der Waals surface area contributed by atoms with Gasteiger partial charge in [-0.2, -0.15) is 0 Å². The first-order valence-electron chi connectivity index (χ1n) is 3.39. The first-order chi connectivity index (χ1) is 5.65. The number of rotatable bonds is 2. The van der Waals surface area contributed by atoms with Gasteiger partial charge in [-0.3, -0.25) is 0 Å². The van der Waals surface area contributed by atoms with Crippen LogP contribution in [0.25, 0.3) is 0 Å². The lowest BCUT2D eigenvalue weighted by Crippen LogP contribution is -2.35. The van der Waals surface area contributed by atoms with Gasteiger partial charge in [0.15, 0.2) is 5.06 Å². The van der Waals surface area contributed by atoms with Crippen LogP contribution in [0.15, 0.2) is 23.3 Å². The number of ether oxygens (including phenoxy) is 1. The van der Waals surface area contributed by atoms with Gasteiger partial charge in [0.25, 0.3) is 0 Å². The van der Waals surface area contributed by atoms with Crippen LogP contribution in [0.1, 0.15) is 0 Å². The highest BCUT2D eigenvalue weighted by Gasteiger charge is 2.40. The molecule has 2 unspecified atom stereocenters. The van der Waals surface area contributed by atoms with Crippen LogP contribution >= 0.6 is 23.2 Å². The van der Waals surface area contributed by atoms with E-state index < -0.39 is 11.0 Å². The second-order valence-corrected chi connectivity index (χ2v) is 3.38. The first-order valence-corrected chi connectivity index (χ1v) is 4.14. The van der Waals surface area contributed by atoms with Gasteiger partial charge in [-0.1, -0.05) is 35.4 Å². The molecule has 0 aliphatic heterocycles. The maximum Gasteiger partial charge on any atom is 0.190 e. The lowest BCUT2D eigenvalue weighted by Gasteiger charge is -2.30. The largest absolute Gasteiger partial charge is 0.357 e. The zero-order valence-electron chi connectivity index (χ0n) is 6.46. The summed E-state index contributed by atoms with van der Waals surface area (Å²) in [5.74, 6) is -0.526. The van der Waals surface area contributed by atoms with Crippen LogP contribution in [0, 0.1) is 5.92 Å². The van der Waals surface area contributed by atoms with Crippen LogP contribution in [-0.2, 0) is 9.53 Å². The summed E-state index contributed by atoms with van der Waals surface area (Å²) in [5, 5.41) is -0.885. The minimum atomic E-state index is -1.21. The van der Waals surface area contributed by atoms with Crippen molar-refractivity contribution in [3.63, 3.8) is 0 Å². The third-order valence-electron chi connectivity index (χ3n) is 1.76. The van der Waals surface area contributed by atoms with Gasteiger partial charge >= 0.3 is 0 Å². The summed E-state index contributed by atoms with van der Waals surface area (Å²) in [7, 11) is 1.42. The fourth-order valence-corrected chi connectivity index (χ4v) is 1.49. The Hall–Kier alpha value is -0.310. The quantitative estimate of drug-likeness (QED) is 0.511. The summed E-state index contributed by atoms with van der Waals surface area (Å²) >= 11 is 11.8. The standard InChI is InChI=1S/C8H8Cl2O2/c1-12-8(10)6(5-11)3-2-4-7(8)9/h2-6H,1H3. The smallest absolute Gasteiger partial charge is 0.190 e. The van der Waals surface area contributed by atoms with Crippen molar-refractivity contribution in [2.24, 2.45) is 5.92 Å². The molecular formula is C8H8Cl2O2. The van der Waals surface area contributed by atoms with E-state index in [1.54, 1.807) is 18.2 Å². The Morgan fingerprint density at radius 2 is 2.42 bits per heavy atom. The molecule has 0 amide bonds. The van der Waals surface area contributed by atoms with Gasteiger partial charge in [0, 0.05) is 7.11 Å². The van der Waals surface area contributed by atoms with E-state index in [9.17, 15) is 4.79 Å². The molecule has 2 atom stereocenters. The van der Waals surface area contributed by atoms with Crippen molar-refractivity contribution in [1.29, 1.82) is 0 Å². The molecule has 4 heteroatoms. The predicted octanol–water partition coefficient (Wildman–Crippen LogP) is 2.08. The molecule has 0 aromatic rings. The molecular weight excluding hydrogens is 199 g/mol. The van der Waals surface area contributed by atoms with Crippen LogP contribution in [0.3, 0.4) is 0 Å². The van der Waals surface area contributed by atoms with E-state index in [2.05, 4.69) is 0 Å². The topological polar surface area (TPSA) is 26.3 Å². The highest BCUT2D eigenvalue weighted by atomic mass is 35.5. The number of allylic oxidation sites excluding steroid dienone is 2. The minimum absolute atomic E-state index is 0.325. The molecule has 0 spiro atoms. The number of methoxy groups -OCH3 is 1. The molecule has 0 aromatic carbocycles. The monoisotopic (exact) mass is 206 g/mol. The van der Waals surface area contributed by atoms with E-state index in [4.69, 9.17) is 27.9 Å². The van der Waals surface area contributed by atoms with Crippen molar-refractivity contribution in [3.05, 3.63) is 23.3 Å². The maximum atomic E-state index is 10.6. The van der Waals surface area contributed by atoms with Crippen molar-refractivity contribution in [2.45, 2.75) is 5.06 Å². The van der Waals surface area contributed by atoms with Gasteiger partial charge in [-0.15, -0.1) is 0 Å². The summed E-state index contributed by atoms with van der Waals surface area (Å²) < 4.78 is 4.98. The van der Waals surface area contributed by atoms with Crippen molar-refractivity contribution < 1.29 is 9.53 Å². The fourth-order valence-electron chi connectivity index (χ4n) is 1.02. The number of carbonyl (C=O) groups excluding carboxylic acids is 1. The summed E-state index contributed by atoms with van der Waals surface area (Å²) in [4.78, 5) is 10.6. The highest BCUT2D eigenvalue weighted by molar-refractivity contribution is 6.39. The number of hydrogen-bond donors (Lipinski definition) is 0. The molecule has 0 radical (unpaired) electrons. The Bertz CT molecular complexity index is 247. The van der Waals surface area contributed by atoms with Crippen molar-refractivity contribution in [2.75, 3.05) is 7.11 Å². The normalized spacial score (nSPS) is 34.6. The van der Waals surface area contributed by atoms with E-state index >= 15 is 0 Å². The molecule has 0 aromatic heterocycles. The van der Waals surface area contributed by atoms with Gasteiger partial charge in [-0.05, 0) is 6.08 Å². The Labute approximate surface area is 80.8 Å². The number of aldehydes is 1. The predicted molar refractivity (Wildman–Crippen MR) is 48.2 cm³/mol. The van der Waals surface area contributed by atoms with Gasteiger partial charge in [0.05, 0.1) is 11.0 Å². The molecule has 12 heavy (non-hydrogen) atoms. The molecule has 0 fully saturated rings. The second-order valence-electron chi connectivity index (χ2n) is 2.41. The molecule has 0 saturated heterocycles. The van der Waals surface area contributed by atoms with E-state index in [0.717, 1.165) is 0 Å². The summed E-state index contributed by atoms with van der Waals surface area (Å²) in [5.41, 5.74) is 0. The molecule has 2 nitrogen and oxygen atoms in total. The molecule has 0 N–H and O–H groups in total. The van der Waals surface area contributed by atoms with Crippen LogP contribution in [-0.4, -0.2) is 18.5 Å². The first kappa shape index (κ1) is 9.78. The Balaban J connectivity index is 3.01. The van der Waals surface area contributed by atoms with Crippen LogP contribution in [0.5, 0.6) is 0 Å². The number of alkyl halides is 1. The van der Waals surface area contributed by atoms with Crippen LogP contribution in [0.4, 0.5) is 0 Å². The molecule has 0 heterocycles. The molecule has 66 valence electrons. The number of halogens is 2. The average molecular weight is 207 g/mol. The Morgan fingerprint density at radius 3 is 2.83 bits per heavy atom. The molecule has 1 aliphatic rings. The fraction of sp³-hybridized carbons (Fsp3) is 0.375. The SMILES string of the molecule is COC1(Cl)C(Cl)=CC=CC1C=O. The third-order valence-corrected chi connectivity index (χ3v) is 2.87. The molecule has 1 aliphatic carbocycles. The van der Waals surface area contributed by atoms with Gasteiger partial charge in [-0.25, -0.2) is 0 Å². The van der Waals surface area contributed by atoms with Gasteiger partial charge in [0.2, 0.25) is 0 Å². The van der Waals surface area contributed by atoms with Crippen LogP contribution < -0.4 is 0 Å². The van der Waals surface area contributed by atoms with Gasteiger partial charge < -0.3 is 9.53 Å². The summed E-state index contributed by atoms with van der Waals surface area (Å²) in [6.07, 6.45) is 5.65. The Kier molecular flexibility index (Phi) is 2.94. The third kappa shape index (κ3) is 1.42. The van der Waals surface area contributed by atoms with E-state index in [1.165, 1.54) is 7.11 Å². The second kappa shape index (κ2) is 3.60. The molecule has 0 saturated carbocycles. The van der Waals surface area contributed by atoms with Crippen molar-refractivity contribution in [1.82, 2.24) is 0 Å². The maximum absolute atomic E-state index is 10.6. The zero-order valence-corrected chi connectivity index (χ0v) is 7.97. The van der Waals surface area contributed by atoms with Crippen molar-refractivity contribution >= 4 is 29.5 Å². The Morgan fingerprint density at radius 1 is 1.75 bits per heavy atom. The van der Waals surface area contributed by atoms with Crippen molar-refractivity contribution in [3.8, 4) is 0 Å². The lowest BCUT2D eigenvalue weighted by atomic mass is 9.98. The molecule has 1 rings (SSSR count). The number of carbonyl (C=O) groups is 1. The summed E-state index contributed by atoms with van der Waals surface area (Å²) in [6.45, 7) is 0. The van der Waals surface area contributed by atoms with E-state index in [0.29, 0.717) is 11.3 Å². The molecule has 0 bridgehead atoms. The lowest BCUT2D eigenvalue weighted by molar-refractivity contribution is -0.113. The van der Waals surface area contributed by atoms with Crippen LogP contribution in [0.2, 0.25) is 0 Å². The zero-order chi connectivity index (χ0) is 9.19. The van der Waals surface area contributed by atoms with Gasteiger partial charge in [0.1, 0.15) is 6.29 Å². The average Bonchev–Trinajstić information content (AvgIpc) is 2.10. The summed E-state index contributed by atoms with van der Waals surface area (Å²) in [6, 6.07) is 0.